The van der Waals surface area contributed by atoms with Crippen molar-refractivity contribution in [1.29, 1.82) is 5.41 Å². The van der Waals surface area contributed by atoms with Gasteiger partial charge < -0.3 is 25.5 Å². The Balaban J connectivity index is 1.83. The number of unbranched alkanes of at least 4 members (excludes halogenated alkanes) is 1. The number of benzene rings is 1. The van der Waals surface area contributed by atoms with Crippen molar-refractivity contribution >= 4 is 23.6 Å². The van der Waals surface area contributed by atoms with E-state index in [0.717, 1.165) is 50.4 Å². The molecule has 2 atom stereocenters. The summed E-state index contributed by atoms with van der Waals surface area (Å²) < 4.78 is 0. The second-order valence-electron chi connectivity index (χ2n) is 9.28. The SMILES string of the molecule is CCCCC(CC)Nc1nc(C2CCCN(C(=O)c3cccc(N(C)C)c3)C2)[nH]c(=O)c1C=N. The van der Waals surface area contributed by atoms with Crippen molar-refractivity contribution in [2.75, 3.05) is 37.4 Å². The van der Waals surface area contributed by atoms with Crippen molar-refractivity contribution in [2.24, 2.45) is 0 Å². The lowest BCUT2D eigenvalue weighted by Crippen LogP contribution is -2.40. The summed E-state index contributed by atoms with van der Waals surface area (Å²) in [4.78, 5) is 37.5. The van der Waals surface area contributed by atoms with Crippen LogP contribution in [0, 0.1) is 5.41 Å². The quantitative estimate of drug-likeness (QED) is 0.454. The number of likely N-dealkylation sites (tertiary alicyclic amines) is 1. The summed E-state index contributed by atoms with van der Waals surface area (Å²) in [5.41, 5.74) is 1.59. The molecule has 34 heavy (non-hydrogen) atoms. The molecule has 1 aliphatic rings. The second kappa shape index (κ2) is 11.8. The molecule has 1 aliphatic heterocycles. The Hall–Kier alpha value is -3.16. The highest BCUT2D eigenvalue weighted by Gasteiger charge is 2.28. The van der Waals surface area contributed by atoms with E-state index in [2.05, 4.69) is 24.1 Å². The minimum absolute atomic E-state index is 0.00387. The molecular formula is C26H38N6O2. The van der Waals surface area contributed by atoms with Gasteiger partial charge in [-0.25, -0.2) is 4.98 Å². The standard InChI is InChI=1S/C26H38N6O2/c1-5-7-12-20(6-2)28-24-22(16-27)25(33)30-23(29-24)19-11-9-14-32(17-19)26(34)18-10-8-13-21(15-18)31(3)4/h8,10,13,15-16,19-20,27H,5-7,9,11-12,14,17H2,1-4H3,(H2,28,29,30,33). The third-order valence-corrected chi connectivity index (χ3v) is 6.56. The highest BCUT2D eigenvalue weighted by molar-refractivity contribution is 5.95. The molecule has 1 saturated heterocycles. The topological polar surface area (TPSA) is 105 Å². The maximum Gasteiger partial charge on any atom is 0.261 e. The zero-order chi connectivity index (χ0) is 24.7. The molecule has 2 aromatic rings. The van der Waals surface area contributed by atoms with E-state index < -0.39 is 0 Å². The number of H-pyrrole nitrogens is 1. The van der Waals surface area contributed by atoms with Crippen molar-refractivity contribution in [1.82, 2.24) is 14.9 Å². The number of carbonyl (C=O) groups is 1. The van der Waals surface area contributed by atoms with E-state index >= 15 is 0 Å². The Morgan fingerprint density at radius 3 is 2.85 bits per heavy atom. The summed E-state index contributed by atoms with van der Waals surface area (Å²) in [7, 11) is 3.91. The van der Waals surface area contributed by atoms with Gasteiger partial charge in [-0.05, 0) is 43.9 Å². The van der Waals surface area contributed by atoms with Crippen LogP contribution in [0.25, 0.3) is 0 Å². The average molecular weight is 467 g/mol. The molecule has 0 radical (unpaired) electrons. The number of piperidine rings is 1. The first-order valence-corrected chi connectivity index (χ1v) is 12.4. The van der Waals surface area contributed by atoms with Crippen molar-refractivity contribution < 1.29 is 4.79 Å². The fraction of sp³-hybridized carbons (Fsp3) is 0.538. The number of hydrogen-bond donors (Lipinski definition) is 3. The molecule has 2 unspecified atom stereocenters. The Labute approximate surface area is 202 Å². The maximum absolute atomic E-state index is 13.2. The lowest BCUT2D eigenvalue weighted by molar-refractivity contribution is 0.0704. The van der Waals surface area contributed by atoms with Gasteiger partial charge in [-0.3, -0.25) is 9.59 Å². The summed E-state index contributed by atoms with van der Waals surface area (Å²) in [6, 6.07) is 7.84. The molecule has 1 amide bonds. The molecule has 0 saturated carbocycles. The number of aromatic amines is 1. The Kier molecular flexibility index (Phi) is 8.85. The number of rotatable bonds is 10. The molecule has 0 aliphatic carbocycles. The zero-order valence-electron chi connectivity index (χ0n) is 20.9. The molecule has 1 aromatic carbocycles. The number of amides is 1. The molecule has 3 N–H and O–H groups in total. The van der Waals surface area contributed by atoms with Crippen LogP contribution >= 0.6 is 0 Å². The average Bonchev–Trinajstić information content (AvgIpc) is 2.86. The monoisotopic (exact) mass is 466 g/mol. The van der Waals surface area contributed by atoms with Gasteiger partial charge in [0, 0.05) is 56.6 Å². The van der Waals surface area contributed by atoms with Gasteiger partial charge in [0.05, 0.1) is 5.56 Å². The van der Waals surface area contributed by atoms with Gasteiger partial charge in [-0.15, -0.1) is 0 Å². The van der Waals surface area contributed by atoms with Crippen molar-refractivity contribution in [3.63, 3.8) is 0 Å². The van der Waals surface area contributed by atoms with Crippen LogP contribution < -0.4 is 15.8 Å². The molecule has 2 heterocycles. The van der Waals surface area contributed by atoms with Crippen LogP contribution in [0.3, 0.4) is 0 Å². The molecular weight excluding hydrogens is 428 g/mol. The first-order valence-electron chi connectivity index (χ1n) is 12.4. The van der Waals surface area contributed by atoms with E-state index in [1.807, 2.05) is 48.2 Å². The summed E-state index contributed by atoms with van der Waals surface area (Å²) in [6.45, 7) is 5.46. The van der Waals surface area contributed by atoms with Crippen LogP contribution in [-0.4, -0.2) is 60.2 Å². The van der Waals surface area contributed by atoms with Crippen LogP contribution in [0.1, 0.15) is 80.0 Å². The zero-order valence-corrected chi connectivity index (χ0v) is 20.9. The number of hydrogen-bond acceptors (Lipinski definition) is 6. The van der Waals surface area contributed by atoms with Crippen LogP contribution in [0.5, 0.6) is 0 Å². The maximum atomic E-state index is 13.2. The van der Waals surface area contributed by atoms with Crippen molar-refractivity contribution in [2.45, 2.75) is 64.3 Å². The van der Waals surface area contributed by atoms with E-state index in [0.29, 0.717) is 30.3 Å². The van der Waals surface area contributed by atoms with Crippen molar-refractivity contribution in [3.05, 3.63) is 51.6 Å². The number of aromatic nitrogens is 2. The van der Waals surface area contributed by atoms with E-state index in [1.54, 1.807) is 0 Å². The number of anilines is 2. The van der Waals surface area contributed by atoms with E-state index in [-0.39, 0.29) is 29.0 Å². The smallest absolute Gasteiger partial charge is 0.261 e. The summed E-state index contributed by atoms with van der Waals surface area (Å²) in [6.07, 6.45) is 6.87. The van der Waals surface area contributed by atoms with Crippen LogP contribution in [0.15, 0.2) is 29.1 Å². The molecule has 8 heteroatoms. The summed E-state index contributed by atoms with van der Waals surface area (Å²) in [5.74, 6) is 0.996. The molecule has 1 aromatic heterocycles. The summed E-state index contributed by atoms with van der Waals surface area (Å²) >= 11 is 0. The second-order valence-corrected chi connectivity index (χ2v) is 9.28. The molecule has 0 bridgehead atoms. The molecule has 3 rings (SSSR count). The minimum Gasteiger partial charge on any atom is -0.378 e. The normalized spacial score (nSPS) is 16.7. The van der Waals surface area contributed by atoms with Gasteiger partial charge in [0.15, 0.2) is 0 Å². The van der Waals surface area contributed by atoms with Crippen LogP contribution in [0.4, 0.5) is 11.5 Å². The lowest BCUT2D eigenvalue weighted by Gasteiger charge is -2.32. The fourth-order valence-corrected chi connectivity index (χ4v) is 4.44. The van der Waals surface area contributed by atoms with Crippen LogP contribution in [-0.2, 0) is 0 Å². The Bertz CT molecular complexity index is 1050. The van der Waals surface area contributed by atoms with E-state index in [4.69, 9.17) is 10.4 Å². The third kappa shape index (κ3) is 6.04. The predicted octanol–water partition coefficient (Wildman–Crippen LogP) is 4.23. The fourth-order valence-electron chi connectivity index (χ4n) is 4.44. The molecule has 184 valence electrons. The molecule has 8 nitrogen and oxygen atoms in total. The highest BCUT2D eigenvalue weighted by Crippen LogP contribution is 2.27. The number of nitrogens with one attached hydrogen (secondary N) is 3. The number of carbonyl (C=O) groups excluding carboxylic acids is 1. The minimum atomic E-state index is -0.310. The predicted molar refractivity (Wildman–Crippen MR) is 139 cm³/mol. The van der Waals surface area contributed by atoms with E-state index in [1.165, 1.54) is 0 Å². The van der Waals surface area contributed by atoms with Gasteiger partial charge in [-0.1, -0.05) is 32.8 Å². The van der Waals surface area contributed by atoms with Crippen molar-refractivity contribution in [3.8, 4) is 0 Å². The first kappa shape index (κ1) is 25.5. The Morgan fingerprint density at radius 2 is 2.18 bits per heavy atom. The van der Waals surface area contributed by atoms with E-state index in [9.17, 15) is 9.59 Å². The summed E-state index contributed by atoms with van der Waals surface area (Å²) in [5, 5.41) is 11.1. The van der Waals surface area contributed by atoms with Gasteiger partial charge in [0.1, 0.15) is 11.6 Å². The van der Waals surface area contributed by atoms with Gasteiger partial charge in [0.2, 0.25) is 0 Å². The third-order valence-electron chi connectivity index (χ3n) is 6.56. The lowest BCUT2D eigenvalue weighted by atomic mass is 9.96. The molecule has 0 spiro atoms. The Morgan fingerprint density at radius 1 is 1.38 bits per heavy atom. The number of nitrogens with zero attached hydrogens (tertiary/aromatic N) is 3. The van der Waals surface area contributed by atoms with Gasteiger partial charge in [0.25, 0.3) is 11.5 Å². The molecule has 1 fully saturated rings. The first-order chi connectivity index (χ1) is 16.4. The van der Waals surface area contributed by atoms with Gasteiger partial charge >= 0.3 is 0 Å². The van der Waals surface area contributed by atoms with Gasteiger partial charge in [-0.2, -0.15) is 0 Å². The largest absolute Gasteiger partial charge is 0.378 e. The highest BCUT2D eigenvalue weighted by atomic mass is 16.2. The van der Waals surface area contributed by atoms with Crippen LogP contribution in [0.2, 0.25) is 0 Å².